The first-order chi connectivity index (χ1) is 8.56. The summed E-state index contributed by atoms with van der Waals surface area (Å²) >= 11 is 5.87. The Kier molecular flexibility index (Phi) is 3.87. The van der Waals surface area contributed by atoms with Gasteiger partial charge in [0.15, 0.2) is 0 Å². The number of nitrogens with zero attached hydrogens (tertiary/aromatic N) is 2. The highest BCUT2D eigenvalue weighted by atomic mass is 35.5. The highest BCUT2D eigenvalue weighted by Crippen LogP contribution is 2.20. The minimum Gasteiger partial charge on any atom is -0.425 e. The van der Waals surface area contributed by atoms with Crippen LogP contribution in [0.15, 0.2) is 22.6 Å². The quantitative estimate of drug-likeness (QED) is 0.862. The fourth-order valence-electron chi connectivity index (χ4n) is 1.60. The number of hydrogen-bond donors (Lipinski definition) is 1. The Morgan fingerprint density at radius 2 is 2.06 bits per heavy atom. The zero-order valence-electron chi connectivity index (χ0n) is 10.5. The highest BCUT2D eigenvalue weighted by Gasteiger charge is 2.09. The van der Waals surface area contributed by atoms with Gasteiger partial charge in [-0.05, 0) is 24.1 Å². The SMILES string of the molecule is CC(C)c1nnc(CCc2ccc(Cl)c(N)c2)o1. The molecule has 0 radical (unpaired) electrons. The molecule has 0 spiro atoms. The summed E-state index contributed by atoms with van der Waals surface area (Å²) < 4.78 is 5.54. The van der Waals surface area contributed by atoms with Gasteiger partial charge in [-0.2, -0.15) is 0 Å². The van der Waals surface area contributed by atoms with E-state index < -0.39 is 0 Å². The summed E-state index contributed by atoms with van der Waals surface area (Å²) in [5.74, 6) is 1.60. The van der Waals surface area contributed by atoms with Gasteiger partial charge in [-0.25, -0.2) is 0 Å². The lowest BCUT2D eigenvalue weighted by atomic mass is 10.1. The van der Waals surface area contributed by atoms with Crippen molar-refractivity contribution in [2.75, 3.05) is 5.73 Å². The smallest absolute Gasteiger partial charge is 0.219 e. The molecule has 96 valence electrons. The third-order valence-corrected chi connectivity index (χ3v) is 3.01. The van der Waals surface area contributed by atoms with Gasteiger partial charge < -0.3 is 10.2 Å². The molecule has 0 unspecified atom stereocenters. The second-order valence-corrected chi connectivity index (χ2v) is 4.95. The predicted molar refractivity (Wildman–Crippen MR) is 71.7 cm³/mol. The van der Waals surface area contributed by atoms with Crippen molar-refractivity contribution < 1.29 is 4.42 Å². The van der Waals surface area contributed by atoms with Gasteiger partial charge >= 0.3 is 0 Å². The molecule has 0 aliphatic heterocycles. The standard InChI is InChI=1S/C13H16ClN3O/c1-8(2)13-17-16-12(18-13)6-4-9-3-5-10(14)11(15)7-9/h3,5,7-8H,4,6,15H2,1-2H3. The zero-order valence-corrected chi connectivity index (χ0v) is 11.2. The molecule has 1 aromatic heterocycles. The minimum absolute atomic E-state index is 0.262. The summed E-state index contributed by atoms with van der Waals surface area (Å²) in [5.41, 5.74) is 7.46. The Morgan fingerprint density at radius 1 is 1.28 bits per heavy atom. The Labute approximate surface area is 111 Å². The Hall–Kier alpha value is -1.55. The van der Waals surface area contributed by atoms with Gasteiger partial charge in [0.05, 0.1) is 10.7 Å². The number of halogens is 1. The van der Waals surface area contributed by atoms with E-state index in [2.05, 4.69) is 10.2 Å². The van der Waals surface area contributed by atoms with Crippen LogP contribution in [-0.4, -0.2) is 10.2 Å². The van der Waals surface area contributed by atoms with Crippen LogP contribution in [-0.2, 0) is 12.8 Å². The van der Waals surface area contributed by atoms with Gasteiger partial charge in [-0.15, -0.1) is 10.2 Å². The van der Waals surface area contributed by atoms with E-state index in [4.69, 9.17) is 21.8 Å². The van der Waals surface area contributed by atoms with Crippen LogP contribution in [0.2, 0.25) is 5.02 Å². The van der Waals surface area contributed by atoms with Crippen molar-refractivity contribution in [1.82, 2.24) is 10.2 Å². The molecule has 2 N–H and O–H groups in total. The third kappa shape index (κ3) is 3.01. The van der Waals surface area contributed by atoms with E-state index in [9.17, 15) is 0 Å². The summed E-state index contributed by atoms with van der Waals surface area (Å²) in [5, 5.41) is 8.60. The van der Waals surface area contributed by atoms with E-state index in [1.807, 2.05) is 26.0 Å². The van der Waals surface area contributed by atoms with Crippen molar-refractivity contribution in [3.8, 4) is 0 Å². The molecule has 1 heterocycles. The zero-order chi connectivity index (χ0) is 13.1. The van der Waals surface area contributed by atoms with Crippen molar-refractivity contribution >= 4 is 17.3 Å². The molecule has 0 saturated carbocycles. The molecule has 0 atom stereocenters. The van der Waals surface area contributed by atoms with Crippen LogP contribution in [0.3, 0.4) is 0 Å². The number of aromatic nitrogens is 2. The van der Waals surface area contributed by atoms with Crippen LogP contribution in [0.1, 0.15) is 37.1 Å². The maximum atomic E-state index is 5.87. The fourth-order valence-corrected chi connectivity index (χ4v) is 1.72. The van der Waals surface area contributed by atoms with Gasteiger partial charge in [0.1, 0.15) is 0 Å². The van der Waals surface area contributed by atoms with Crippen LogP contribution < -0.4 is 5.73 Å². The van der Waals surface area contributed by atoms with E-state index >= 15 is 0 Å². The summed E-state index contributed by atoms with van der Waals surface area (Å²) in [6.07, 6.45) is 1.52. The number of anilines is 1. The molecule has 5 heteroatoms. The lowest BCUT2D eigenvalue weighted by Crippen LogP contribution is -1.94. The first-order valence-corrected chi connectivity index (χ1v) is 6.30. The van der Waals surface area contributed by atoms with Gasteiger partial charge in [0, 0.05) is 12.3 Å². The summed E-state index contributed by atoms with van der Waals surface area (Å²) in [6, 6.07) is 5.64. The second kappa shape index (κ2) is 5.40. The number of nitrogen functional groups attached to an aromatic ring is 1. The van der Waals surface area contributed by atoms with Gasteiger partial charge in [-0.3, -0.25) is 0 Å². The molecule has 1 aromatic carbocycles. The summed E-state index contributed by atoms with van der Waals surface area (Å²) in [4.78, 5) is 0. The third-order valence-electron chi connectivity index (χ3n) is 2.66. The topological polar surface area (TPSA) is 64.9 Å². The molecular weight excluding hydrogens is 250 g/mol. The van der Waals surface area contributed by atoms with E-state index in [1.165, 1.54) is 0 Å². The highest BCUT2D eigenvalue weighted by molar-refractivity contribution is 6.33. The predicted octanol–water partition coefficient (Wildman–Crippen LogP) is 3.21. The Balaban J connectivity index is 2.00. The average Bonchev–Trinajstić information content (AvgIpc) is 2.79. The Morgan fingerprint density at radius 3 is 2.67 bits per heavy atom. The molecule has 0 amide bonds. The maximum Gasteiger partial charge on any atom is 0.219 e. The van der Waals surface area contributed by atoms with Crippen molar-refractivity contribution in [2.24, 2.45) is 0 Å². The normalized spacial score (nSPS) is 11.1. The Bertz CT molecular complexity index is 537. The maximum absolute atomic E-state index is 5.87. The molecular formula is C13H16ClN3O. The van der Waals surface area contributed by atoms with E-state index in [0.29, 0.717) is 28.9 Å². The number of rotatable bonds is 4. The molecule has 0 bridgehead atoms. The van der Waals surface area contributed by atoms with E-state index in [-0.39, 0.29) is 5.92 Å². The summed E-state index contributed by atoms with van der Waals surface area (Å²) in [6.45, 7) is 4.05. The minimum atomic E-state index is 0.262. The number of hydrogen-bond acceptors (Lipinski definition) is 4. The molecule has 4 nitrogen and oxygen atoms in total. The number of benzene rings is 1. The molecule has 2 rings (SSSR count). The van der Waals surface area contributed by atoms with E-state index in [0.717, 1.165) is 12.0 Å². The molecule has 0 aliphatic carbocycles. The van der Waals surface area contributed by atoms with Crippen LogP contribution in [0.25, 0.3) is 0 Å². The number of nitrogens with two attached hydrogens (primary N) is 1. The van der Waals surface area contributed by atoms with Gasteiger partial charge in [0.25, 0.3) is 0 Å². The molecule has 2 aromatic rings. The van der Waals surface area contributed by atoms with Crippen molar-refractivity contribution in [2.45, 2.75) is 32.6 Å². The number of aryl methyl sites for hydroxylation is 2. The first-order valence-electron chi connectivity index (χ1n) is 5.92. The van der Waals surface area contributed by atoms with Crippen LogP contribution in [0.4, 0.5) is 5.69 Å². The first kappa shape index (κ1) is 12.9. The lowest BCUT2D eigenvalue weighted by Gasteiger charge is -2.02. The molecule has 0 fully saturated rings. The lowest BCUT2D eigenvalue weighted by molar-refractivity contribution is 0.431. The molecule has 18 heavy (non-hydrogen) atoms. The largest absolute Gasteiger partial charge is 0.425 e. The van der Waals surface area contributed by atoms with Crippen molar-refractivity contribution in [3.63, 3.8) is 0 Å². The monoisotopic (exact) mass is 265 g/mol. The average molecular weight is 266 g/mol. The van der Waals surface area contributed by atoms with Crippen molar-refractivity contribution in [3.05, 3.63) is 40.6 Å². The van der Waals surface area contributed by atoms with Crippen LogP contribution in [0, 0.1) is 0 Å². The van der Waals surface area contributed by atoms with E-state index in [1.54, 1.807) is 6.07 Å². The fraction of sp³-hybridized carbons (Fsp3) is 0.385. The summed E-state index contributed by atoms with van der Waals surface area (Å²) in [7, 11) is 0. The molecule has 0 aliphatic rings. The second-order valence-electron chi connectivity index (χ2n) is 4.54. The van der Waals surface area contributed by atoms with Crippen molar-refractivity contribution in [1.29, 1.82) is 0 Å². The van der Waals surface area contributed by atoms with Gasteiger partial charge in [0.2, 0.25) is 11.8 Å². The van der Waals surface area contributed by atoms with Crippen LogP contribution in [0.5, 0.6) is 0 Å². The van der Waals surface area contributed by atoms with Crippen LogP contribution >= 0.6 is 11.6 Å². The van der Waals surface area contributed by atoms with Gasteiger partial charge in [-0.1, -0.05) is 31.5 Å². The molecule has 0 saturated heterocycles.